The zero-order chi connectivity index (χ0) is 24.7. The summed E-state index contributed by atoms with van der Waals surface area (Å²) >= 11 is 0. The summed E-state index contributed by atoms with van der Waals surface area (Å²) < 4.78 is 13.4. The van der Waals surface area contributed by atoms with Gasteiger partial charge in [-0.05, 0) is 62.1 Å². The molecule has 0 saturated carbocycles. The van der Waals surface area contributed by atoms with E-state index in [0.717, 1.165) is 16.7 Å². The number of hydrogen-bond donors (Lipinski definition) is 1. The van der Waals surface area contributed by atoms with Crippen LogP contribution in [0.15, 0.2) is 78.9 Å². The summed E-state index contributed by atoms with van der Waals surface area (Å²) in [5.74, 6) is -0.725. The van der Waals surface area contributed by atoms with Gasteiger partial charge in [-0.15, -0.1) is 0 Å². The molecule has 0 spiro atoms. The fourth-order valence-corrected chi connectivity index (χ4v) is 3.86. The summed E-state index contributed by atoms with van der Waals surface area (Å²) in [5, 5.41) is 3.06. The summed E-state index contributed by atoms with van der Waals surface area (Å²) in [6.07, 6.45) is 0.476. The van der Waals surface area contributed by atoms with Gasteiger partial charge in [0.1, 0.15) is 11.9 Å². The number of nitrogens with one attached hydrogen (secondary N) is 1. The standard InChI is InChI=1S/C29H33FN2O2/c1-21-10-8-9-13-24(21)20-32(27(33)19-23-14-16-25(30)17-15-23)26(28(34)31-29(2,3)4)18-22-11-6-5-7-12-22/h5-17,26H,18-20H2,1-4H3,(H,31,34). The van der Waals surface area contributed by atoms with E-state index >= 15 is 0 Å². The molecule has 5 heteroatoms. The Morgan fingerprint density at radius 2 is 1.50 bits per heavy atom. The van der Waals surface area contributed by atoms with Crippen molar-refractivity contribution >= 4 is 11.8 Å². The van der Waals surface area contributed by atoms with Crippen LogP contribution in [0.1, 0.15) is 43.0 Å². The minimum Gasteiger partial charge on any atom is -0.350 e. The molecule has 3 aromatic rings. The van der Waals surface area contributed by atoms with E-state index in [-0.39, 0.29) is 24.1 Å². The average Bonchev–Trinajstić information content (AvgIpc) is 2.78. The lowest BCUT2D eigenvalue weighted by molar-refractivity contribution is -0.141. The smallest absolute Gasteiger partial charge is 0.243 e. The largest absolute Gasteiger partial charge is 0.350 e. The van der Waals surface area contributed by atoms with Gasteiger partial charge in [-0.2, -0.15) is 0 Å². The maximum Gasteiger partial charge on any atom is 0.243 e. The van der Waals surface area contributed by atoms with Crippen molar-refractivity contribution in [3.8, 4) is 0 Å². The predicted octanol–water partition coefficient (Wildman–Crippen LogP) is 5.23. The number of hydrogen-bond acceptors (Lipinski definition) is 2. The Morgan fingerprint density at radius 3 is 2.12 bits per heavy atom. The SMILES string of the molecule is Cc1ccccc1CN(C(=O)Cc1ccc(F)cc1)C(Cc1ccccc1)C(=O)NC(C)(C)C. The van der Waals surface area contributed by atoms with Gasteiger partial charge in [0.15, 0.2) is 0 Å². The summed E-state index contributed by atoms with van der Waals surface area (Å²) in [4.78, 5) is 28.9. The summed E-state index contributed by atoms with van der Waals surface area (Å²) in [6.45, 7) is 8.09. The summed E-state index contributed by atoms with van der Waals surface area (Å²) in [5.41, 5.74) is 3.27. The first-order valence-corrected chi connectivity index (χ1v) is 11.6. The van der Waals surface area contributed by atoms with E-state index in [1.54, 1.807) is 17.0 Å². The number of halogens is 1. The first-order valence-electron chi connectivity index (χ1n) is 11.6. The highest BCUT2D eigenvalue weighted by atomic mass is 19.1. The lowest BCUT2D eigenvalue weighted by Gasteiger charge is -2.34. The van der Waals surface area contributed by atoms with Crippen LogP contribution in [0.4, 0.5) is 4.39 Å². The molecule has 0 aliphatic heterocycles. The highest BCUT2D eigenvalue weighted by Crippen LogP contribution is 2.19. The van der Waals surface area contributed by atoms with Crippen LogP contribution in [0.3, 0.4) is 0 Å². The molecular formula is C29H33FN2O2. The molecule has 3 rings (SSSR count). The van der Waals surface area contributed by atoms with Gasteiger partial charge < -0.3 is 10.2 Å². The van der Waals surface area contributed by atoms with Crippen LogP contribution < -0.4 is 5.32 Å². The molecule has 0 bridgehead atoms. The molecule has 0 fully saturated rings. The summed E-state index contributed by atoms with van der Waals surface area (Å²) in [6, 6.07) is 22.8. The Bertz CT molecular complexity index is 1100. The van der Waals surface area contributed by atoms with Crippen molar-refractivity contribution in [1.82, 2.24) is 10.2 Å². The van der Waals surface area contributed by atoms with Crippen molar-refractivity contribution in [3.05, 3.63) is 107 Å². The van der Waals surface area contributed by atoms with E-state index in [2.05, 4.69) is 5.32 Å². The molecule has 0 saturated heterocycles. The highest BCUT2D eigenvalue weighted by molar-refractivity contribution is 5.89. The quantitative estimate of drug-likeness (QED) is 0.500. The predicted molar refractivity (Wildman–Crippen MR) is 134 cm³/mol. The third-order valence-corrected chi connectivity index (χ3v) is 5.64. The first-order chi connectivity index (χ1) is 16.1. The molecule has 0 aliphatic rings. The van der Waals surface area contributed by atoms with Crippen LogP contribution in [0.5, 0.6) is 0 Å². The van der Waals surface area contributed by atoms with Crippen molar-refractivity contribution in [1.29, 1.82) is 0 Å². The average molecular weight is 461 g/mol. The maximum atomic E-state index is 13.7. The molecule has 178 valence electrons. The van der Waals surface area contributed by atoms with Crippen LogP contribution in [0, 0.1) is 12.7 Å². The molecule has 1 N–H and O–H groups in total. The lowest BCUT2D eigenvalue weighted by Crippen LogP contribution is -2.54. The second-order valence-electron chi connectivity index (χ2n) is 9.70. The zero-order valence-corrected chi connectivity index (χ0v) is 20.3. The molecule has 0 aliphatic carbocycles. The normalized spacial score (nSPS) is 12.1. The van der Waals surface area contributed by atoms with Gasteiger partial charge >= 0.3 is 0 Å². The number of rotatable bonds is 8. The molecule has 0 aromatic heterocycles. The van der Waals surface area contributed by atoms with E-state index < -0.39 is 11.6 Å². The fourth-order valence-electron chi connectivity index (χ4n) is 3.86. The van der Waals surface area contributed by atoms with E-state index in [4.69, 9.17) is 0 Å². The Balaban J connectivity index is 1.99. The number of benzene rings is 3. The van der Waals surface area contributed by atoms with Crippen molar-refractivity contribution in [2.75, 3.05) is 0 Å². The van der Waals surface area contributed by atoms with E-state index in [1.807, 2.05) is 82.3 Å². The van der Waals surface area contributed by atoms with Gasteiger partial charge in [0.05, 0.1) is 6.42 Å². The Morgan fingerprint density at radius 1 is 0.882 bits per heavy atom. The highest BCUT2D eigenvalue weighted by Gasteiger charge is 2.32. The third kappa shape index (κ3) is 7.27. The van der Waals surface area contributed by atoms with Crippen LogP contribution in [-0.2, 0) is 29.0 Å². The molecular weight excluding hydrogens is 427 g/mol. The van der Waals surface area contributed by atoms with Crippen molar-refractivity contribution in [2.24, 2.45) is 0 Å². The maximum absolute atomic E-state index is 13.7. The minimum atomic E-state index is -0.700. The monoisotopic (exact) mass is 460 g/mol. The van der Waals surface area contributed by atoms with Crippen LogP contribution in [0.25, 0.3) is 0 Å². The zero-order valence-electron chi connectivity index (χ0n) is 20.3. The molecule has 3 aromatic carbocycles. The minimum absolute atomic E-state index is 0.0836. The van der Waals surface area contributed by atoms with E-state index in [9.17, 15) is 14.0 Å². The first kappa shape index (κ1) is 25.2. The van der Waals surface area contributed by atoms with Gasteiger partial charge in [0, 0.05) is 18.5 Å². The van der Waals surface area contributed by atoms with E-state index in [1.165, 1.54) is 12.1 Å². The Hall–Kier alpha value is -3.47. The number of aryl methyl sites for hydroxylation is 1. The van der Waals surface area contributed by atoms with Crippen molar-refractivity contribution < 1.29 is 14.0 Å². The van der Waals surface area contributed by atoms with Gasteiger partial charge in [0.25, 0.3) is 0 Å². The van der Waals surface area contributed by atoms with Crippen LogP contribution in [-0.4, -0.2) is 28.3 Å². The number of amides is 2. The number of carbonyl (C=O) groups is 2. The van der Waals surface area contributed by atoms with Crippen molar-refractivity contribution in [2.45, 2.75) is 58.7 Å². The molecule has 1 atom stereocenters. The topological polar surface area (TPSA) is 49.4 Å². The molecule has 2 amide bonds. The second kappa shape index (κ2) is 11.1. The number of nitrogens with zero attached hydrogens (tertiary/aromatic N) is 1. The van der Waals surface area contributed by atoms with Gasteiger partial charge in [0.2, 0.25) is 11.8 Å². The lowest BCUT2D eigenvalue weighted by atomic mass is 9.99. The fraction of sp³-hybridized carbons (Fsp3) is 0.310. The van der Waals surface area contributed by atoms with Gasteiger partial charge in [-0.25, -0.2) is 4.39 Å². The molecule has 1 unspecified atom stereocenters. The molecule has 34 heavy (non-hydrogen) atoms. The second-order valence-corrected chi connectivity index (χ2v) is 9.70. The van der Waals surface area contributed by atoms with Gasteiger partial charge in [-0.3, -0.25) is 9.59 Å². The van der Waals surface area contributed by atoms with Gasteiger partial charge in [-0.1, -0.05) is 66.7 Å². The third-order valence-electron chi connectivity index (χ3n) is 5.64. The Kier molecular flexibility index (Phi) is 8.21. The van der Waals surface area contributed by atoms with Crippen molar-refractivity contribution in [3.63, 3.8) is 0 Å². The molecule has 0 radical (unpaired) electrons. The van der Waals surface area contributed by atoms with Crippen LogP contribution in [0.2, 0.25) is 0 Å². The Labute approximate surface area is 201 Å². The summed E-state index contributed by atoms with van der Waals surface area (Å²) in [7, 11) is 0. The molecule has 0 heterocycles. The number of carbonyl (C=O) groups excluding carboxylic acids is 2. The van der Waals surface area contributed by atoms with E-state index in [0.29, 0.717) is 18.5 Å². The molecule has 4 nitrogen and oxygen atoms in total. The van der Waals surface area contributed by atoms with Crippen LogP contribution >= 0.6 is 0 Å².